The molecule has 0 atom stereocenters. The Morgan fingerprint density at radius 1 is 1.29 bits per heavy atom. The third kappa shape index (κ3) is 2.72. The molecule has 3 rings (SSSR count). The fourth-order valence-corrected chi connectivity index (χ4v) is 2.12. The third-order valence-corrected chi connectivity index (χ3v) is 3.07. The lowest BCUT2D eigenvalue weighted by Crippen LogP contribution is -2.13. The minimum atomic E-state index is -0.222. The number of carbonyl (C=O) groups is 1. The van der Waals surface area contributed by atoms with Gasteiger partial charge < -0.3 is 15.0 Å². The zero-order chi connectivity index (χ0) is 14.7. The number of carbonyl (C=O) groups excluding carboxylic acids is 1. The summed E-state index contributed by atoms with van der Waals surface area (Å²) in [7, 11) is 0. The van der Waals surface area contributed by atoms with Crippen molar-refractivity contribution < 1.29 is 9.53 Å². The molecule has 0 saturated carbocycles. The van der Waals surface area contributed by atoms with Gasteiger partial charge in [-0.1, -0.05) is 12.1 Å². The molecular weight excluding hydrogens is 266 g/mol. The van der Waals surface area contributed by atoms with Crippen molar-refractivity contribution in [2.45, 2.75) is 6.92 Å². The first-order valence-electron chi connectivity index (χ1n) is 6.75. The van der Waals surface area contributed by atoms with Crippen LogP contribution in [0.2, 0.25) is 0 Å². The summed E-state index contributed by atoms with van der Waals surface area (Å²) < 4.78 is 5.50. The van der Waals surface area contributed by atoms with E-state index in [9.17, 15) is 4.79 Å². The molecule has 2 aromatic heterocycles. The molecule has 1 aromatic carbocycles. The Kier molecular flexibility index (Phi) is 3.55. The number of nitrogens with zero attached hydrogens (tertiary/aromatic N) is 1. The van der Waals surface area contributed by atoms with Gasteiger partial charge in [-0.05, 0) is 37.3 Å². The SMILES string of the molecule is CCOc1ccccc1NC(=O)c1cc2ncccc2[nH]1. The van der Waals surface area contributed by atoms with E-state index in [-0.39, 0.29) is 5.91 Å². The van der Waals surface area contributed by atoms with Crippen LogP contribution in [0.25, 0.3) is 11.0 Å². The second kappa shape index (κ2) is 5.66. The van der Waals surface area contributed by atoms with E-state index in [1.165, 1.54) is 0 Å². The smallest absolute Gasteiger partial charge is 0.272 e. The van der Waals surface area contributed by atoms with Crippen LogP contribution in [0.1, 0.15) is 17.4 Å². The molecule has 1 amide bonds. The van der Waals surface area contributed by atoms with Gasteiger partial charge in [0, 0.05) is 6.20 Å². The molecule has 0 fully saturated rings. The number of anilines is 1. The number of aromatic nitrogens is 2. The van der Waals surface area contributed by atoms with Crippen molar-refractivity contribution in [1.29, 1.82) is 0 Å². The first-order valence-corrected chi connectivity index (χ1v) is 6.75. The van der Waals surface area contributed by atoms with Gasteiger partial charge in [-0.3, -0.25) is 9.78 Å². The fourth-order valence-electron chi connectivity index (χ4n) is 2.12. The lowest BCUT2D eigenvalue weighted by molar-refractivity contribution is 0.102. The Morgan fingerprint density at radius 3 is 2.95 bits per heavy atom. The number of pyridine rings is 1. The molecule has 0 aliphatic heterocycles. The van der Waals surface area contributed by atoms with E-state index in [0.717, 1.165) is 11.0 Å². The van der Waals surface area contributed by atoms with Crippen LogP contribution in [0.15, 0.2) is 48.7 Å². The van der Waals surface area contributed by atoms with Gasteiger partial charge in [-0.25, -0.2) is 0 Å². The Balaban J connectivity index is 1.86. The van der Waals surface area contributed by atoms with Gasteiger partial charge in [0.05, 0.1) is 23.3 Å². The lowest BCUT2D eigenvalue weighted by atomic mass is 10.2. The Labute approximate surface area is 122 Å². The number of fused-ring (bicyclic) bond motifs is 1. The minimum Gasteiger partial charge on any atom is -0.492 e. The number of para-hydroxylation sites is 2. The molecule has 3 aromatic rings. The zero-order valence-corrected chi connectivity index (χ0v) is 11.6. The minimum absolute atomic E-state index is 0.222. The first-order chi connectivity index (χ1) is 10.3. The molecule has 21 heavy (non-hydrogen) atoms. The normalized spacial score (nSPS) is 10.5. The second-order valence-corrected chi connectivity index (χ2v) is 4.50. The summed E-state index contributed by atoms with van der Waals surface area (Å²) in [6.07, 6.45) is 1.70. The van der Waals surface area contributed by atoms with E-state index in [0.29, 0.717) is 23.7 Å². The van der Waals surface area contributed by atoms with Gasteiger partial charge in [-0.2, -0.15) is 0 Å². The number of amides is 1. The van der Waals surface area contributed by atoms with Crippen LogP contribution >= 0.6 is 0 Å². The standard InChI is InChI=1S/C16H15N3O2/c1-2-21-15-8-4-3-6-12(15)19-16(20)14-10-13-11(18-14)7-5-9-17-13/h3-10,18H,2H2,1H3,(H,19,20). The van der Waals surface area contributed by atoms with Crippen molar-refractivity contribution in [3.05, 3.63) is 54.4 Å². The maximum Gasteiger partial charge on any atom is 0.272 e. The molecule has 0 spiro atoms. The Bertz CT molecular complexity index is 747. The van der Waals surface area contributed by atoms with E-state index in [1.807, 2.05) is 43.3 Å². The summed E-state index contributed by atoms with van der Waals surface area (Å²) in [4.78, 5) is 19.6. The van der Waals surface area contributed by atoms with Crippen molar-refractivity contribution in [2.75, 3.05) is 11.9 Å². The van der Waals surface area contributed by atoms with E-state index in [1.54, 1.807) is 12.3 Å². The molecule has 0 aliphatic rings. The van der Waals surface area contributed by atoms with Crippen molar-refractivity contribution in [2.24, 2.45) is 0 Å². The van der Waals surface area contributed by atoms with Gasteiger partial charge in [-0.15, -0.1) is 0 Å². The van der Waals surface area contributed by atoms with E-state index >= 15 is 0 Å². The van der Waals surface area contributed by atoms with Gasteiger partial charge in [0.15, 0.2) is 0 Å². The number of aromatic amines is 1. The maximum atomic E-state index is 12.3. The Hall–Kier alpha value is -2.82. The van der Waals surface area contributed by atoms with Crippen molar-refractivity contribution >= 4 is 22.6 Å². The molecule has 0 radical (unpaired) electrons. The van der Waals surface area contributed by atoms with Crippen LogP contribution in [-0.4, -0.2) is 22.5 Å². The van der Waals surface area contributed by atoms with Crippen LogP contribution in [-0.2, 0) is 0 Å². The van der Waals surface area contributed by atoms with Crippen LogP contribution in [0.3, 0.4) is 0 Å². The second-order valence-electron chi connectivity index (χ2n) is 4.50. The number of H-pyrrole nitrogens is 1. The number of nitrogens with one attached hydrogen (secondary N) is 2. The number of ether oxygens (including phenoxy) is 1. The number of benzene rings is 1. The van der Waals surface area contributed by atoms with Crippen LogP contribution in [0.4, 0.5) is 5.69 Å². The van der Waals surface area contributed by atoms with Gasteiger partial charge in [0.25, 0.3) is 5.91 Å². The van der Waals surface area contributed by atoms with Gasteiger partial charge in [0.2, 0.25) is 0 Å². The number of rotatable bonds is 4. The van der Waals surface area contributed by atoms with Crippen LogP contribution < -0.4 is 10.1 Å². The summed E-state index contributed by atoms with van der Waals surface area (Å²) in [6.45, 7) is 2.45. The lowest BCUT2D eigenvalue weighted by Gasteiger charge is -2.10. The largest absolute Gasteiger partial charge is 0.492 e. The highest BCUT2D eigenvalue weighted by molar-refractivity contribution is 6.06. The summed E-state index contributed by atoms with van der Waals surface area (Å²) in [6, 6.07) is 12.8. The average molecular weight is 281 g/mol. The van der Waals surface area contributed by atoms with E-state index < -0.39 is 0 Å². The molecule has 5 nitrogen and oxygen atoms in total. The predicted octanol–water partition coefficient (Wildman–Crippen LogP) is 3.21. The highest BCUT2D eigenvalue weighted by Gasteiger charge is 2.12. The van der Waals surface area contributed by atoms with Crippen LogP contribution in [0.5, 0.6) is 5.75 Å². The van der Waals surface area contributed by atoms with Crippen molar-refractivity contribution in [3.63, 3.8) is 0 Å². The fraction of sp³-hybridized carbons (Fsp3) is 0.125. The predicted molar refractivity (Wildman–Crippen MR) is 81.7 cm³/mol. The summed E-state index contributed by atoms with van der Waals surface area (Å²) in [5, 5.41) is 2.85. The first kappa shape index (κ1) is 13.2. The zero-order valence-electron chi connectivity index (χ0n) is 11.6. The molecule has 0 unspecified atom stereocenters. The monoisotopic (exact) mass is 281 g/mol. The van der Waals surface area contributed by atoms with Crippen molar-refractivity contribution in [1.82, 2.24) is 9.97 Å². The highest BCUT2D eigenvalue weighted by atomic mass is 16.5. The molecule has 0 bridgehead atoms. The van der Waals surface area contributed by atoms with Gasteiger partial charge >= 0.3 is 0 Å². The van der Waals surface area contributed by atoms with Gasteiger partial charge in [0.1, 0.15) is 11.4 Å². The highest BCUT2D eigenvalue weighted by Crippen LogP contribution is 2.24. The summed E-state index contributed by atoms with van der Waals surface area (Å²) in [5.41, 5.74) is 2.72. The third-order valence-electron chi connectivity index (χ3n) is 3.07. The van der Waals surface area contributed by atoms with Crippen molar-refractivity contribution in [3.8, 4) is 5.75 Å². The molecule has 0 saturated heterocycles. The molecule has 5 heteroatoms. The maximum absolute atomic E-state index is 12.3. The molecule has 106 valence electrons. The van der Waals surface area contributed by atoms with Crippen LogP contribution in [0, 0.1) is 0 Å². The summed E-state index contributed by atoms with van der Waals surface area (Å²) in [5.74, 6) is 0.433. The molecular formula is C16H15N3O2. The van der Waals surface area contributed by atoms with E-state index in [2.05, 4.69) is 15.3 Å². The topological polar surface area (TPSA) is 67.0 Å². The molecule has 2 N–H and O–H groups in total. The average Bonchev–Trinajstić information content (AvgIpc) is 2.93. The number of hydrogen-bond acceptors (Lipinski definition) is 3. The Morgan fingerprint density at radius 2 is 2.14 bits per heavy atom. The van der Waals surface area contributed by atoms with E-state index in [4.69, 9.17) is 4.74 Å². The quantitative estimate of drug-likeness (QED) is 0.771. The molecule has 2 heterocycles. The molecule has 0 aliphatic carbocycles. The summed E-state index contributed by atoms with van der Waals surface area (Å²) >= 11 is 0. The number of hydrogen-bond donors (Lipinski definition) is 2.